The molecule has 0 fully saturated rings. The van der Waals surface area contributed by atoms with Gasteiger partial charge in [-0.05, 0) is 23.3 Å². The summed E-state index contributed by atoms with van der Waals surface area (Å²) in [6.07, 6.45) is -0.346. The fourth-order valence-corrected chi connectivity index (χ4v) is 2.21. The minimum atomic E-state index is -0.518. The van der Waals surface area contributed by atoms with E-state index in [1.165, 1.54) is 0 Å². The van der Waals surface area contributed by atoms with Gasteiger partial charge in [0.1, 0.15) is 6.10 Å². The number of amides is 1. The Morgan fingerprint density at radius 3 is 2.47 bits per heavy atom. The van der Waals surface area contributed by atoms with Crippen molar-refractivity contribution in [1.29, 1.82) is 0 Å². The van der Waals surface area contributed by atoms with Crippen molar-refractivity contribution in [2.75, 3.05) is 7.11 Å². The highest BCUT2D eigenvalue weighted by Gasteiger charge is 2.19. The first-order valence-electron chi connectivity index (χ1n) is 5.80. The molecule has 2 rings (SSSR count). The van der Waals surface area contributed by atoms with Crippen LogP contribution in [-0.2, 0) is 4.74 Å². The lowest BCUT2D eigenvalue weighted by molar-refractivity contribution is 0.0987. The van der Waals surface area contributed by atoms with Crippen molar-refractivity contribution in [3.63, 3.8) is 0 Å². The van der Waals surface area contributed by atoms with Gasteiger partial charge in [0.15, 0.2) is 0 Å². The normalized spacial score (nSPS) is 12.1. The minimum Gasteiger partial charge on any atom is -0.372 e. The van der Waals surface area contributed by atoms with Crippen LogP contribution in [0, 0.1) is 0 Å². The lowest BCUT2D eigenvalue weighted by Gasteiger charge is -2.18. The number of ether oxygens (including phenoxy) is 1. The van der Waals surface area contributed by atoms with Crippen LogP contribution in [-0.4, -0.2) is 13.0 Å². The minimum absolute atomic E-state index is 0.346. The zero-order valence-corrected chi connectivity index (χ0v) is 11.2. The molecule has 0 aliphatic carbocycles. The van der Waals surface area contributed by atoms with Crippen LogP contribution in [0.1, 0.15) is 27.6 Å². The molecule has 0 spiro atoms. The maximum Gasteiger partial charge on any atom is 0.249 e. The highest BCUT2D eigenvalue weighted by molar-refractivity contribution is 6.31. The molecule has 1 atom stereocenters. The molecule has 0 saturated heterocycles. The molecule has 2 N–H and O–H groups in total. The van der Waals surface area contributed by atoms with Crippen molar-refractivity contribution in [3.05, 3.63) is 70.2 Å². The van der Waals surface area contributed by atoms with E-state index >= 15 is 0 Å². The fourth-order valence-electron chi connectivity index (χ4n) is 2.04. The summed E-state index contributed by atoms with van der Waals surface area (Å²) in [4.78, 5) is 11.5. The van der Waals surface area contributed by atoms with Crippen LogP contribution in [0.2, 0.25) is 5.02 Å². The van der Waals surface area contributed by atoms with Crippen molar-refractivity contribution in [3.8, 4) is 0 Å². The number of methoxy groups -OCH3 is 1. The fraction of sp³-hybridized carbons (Fsp3) is 0.133. The average molecular weight is 276 g/mol. The zero-order chi connectivity index (χ0) is 13.8. The van der Waals surface area contributed by atoms with Gasteiger partial charge in [-0.25, -0.2) is 0 Å². The van der Waals surface area contributed by atoms with Crippen molar-refractivity contribution in [2.45, 2.75) is 6.10 Å². The second-order valence-electron chi connectivity index (χ2n) is 4.12. The van der Waals surface area contributed by atoms with Gasteiger partial charge in [0.2, 0.25) is 5.91 Å². The van der Waals surface area contributed by atoms with Crippen molar-refractivity contribution in [2.24, 2.45) is 5.73 Å². The van der Waals surface area contributed by atoms with E-state index in [9.17, 15) is 4.79 Å². The molecule has 0 aliphatic heterocycles. The summed E-state index contributed by atoms with van der Waals surface area (Å²) in [6, 6.07) is 14.7. The topological polar surface area (TPSA) is 52.3 Å². The van der Waals surface area contributed by atoms with E-state index in [1.54, 1.807) is 25.3 Å². The van der Waals surface area contributed by atoms with Crippen LogP contribution >= 0.6 is 11.6 Å². The van der Waals surface area contributed by atoms with Crippen molar-refractivity contribution in [1.82, 2.24) is 0 Å². The van der Waals surface area contributed by atoms with Crippen LogP contribution in [0.25, 0.3) is 0 Å². The van der Waals surface area contributed by atoms with Gasteiger partial charge in [-0.2, -0.15) is 0 Å². The third kappa shape index (κ3) is 2.95. The number of primary amides is 1. The number of hydrogen-bond donors (Lipinski definition) is 1. The Bertz CT molecular complexity index is 584. The molecule has 0 aliphatic rings. The first-order chi connectivity index (χ1) is 9.13. The van der Waals surface area contributed by atoms with Gasteiger partial charge in [0.25, 0.3) is 0 Å². The number of hydrogen-bond acceptors (Lipinski definition) is 2. The molecule has 98 valence electrons. The Hall–Kier alpha value is -1.84. The molecule has 0 saturated carbocycles. The molecule has 2 aromatic carbocycles. The second-order valence-corrected chi connectivity index (χ2v) is 4.56. The average Bonchev–Trinajstić information content (AvgIpc) is 2.42. The second kappa shape index (κ2) is 5.87. The molecular formula is C15H14ClNO2. The lowest BCUT2D eigenvalue weighted by Crippen LogP contribution is -2.16. The Labute approximate surface area is 117 Å². The quantitative estimate of drug-likeness (QED) is 0.932. The van der Waals surface area contributed by atoms with E-state index in [1.807, 2.05) is 30.3 Å². The van der Waals surface area contributed by atoms with Crippen molar-refractivity contribution >= 4 is 17.5 Å². The van der Waals surface area contributed by atoms with Gasteiger partial charge in [0, 0.05) is 17.7 Å². The summed E-state index contributed by atoms with van der Waals surface area (Å²) < 4.78 is 5.50. The zero-order valence-electron chi connectivity index (χ0n) is 10.5. The van der Waals surface area contributed by atoms with E-state index in [4.69, 9.17) is 22.1 Å². The maximum atomic E-state index is 11.5. The Balaban J connectivity index is 2.53. The largest absolute Gasteiger partial charge is 0.372 e. The summed E-state index contributed by atoms with van der Waals surface area (Å²) in [5, 5.41) is 0.473. The molecule has 19 heavy (non-hydrogen) atoms. The molecule has 4 heteroatoms. The number of carbonyl (C=O) groups is 1. The smallest absolute Gasteiger partial charge is 0.249 e. The van der Waals surface area contributed by atoms with Gasteiger partial charge in [0.05, 0.1) is 0 Å². The van der Waals surface area contributed by atoms with Gasteiger partial charge < -0.3 is 10.5 Å². The molecule has 1 unspecified atom stereocenters. The lowest BCUT2D eigenvalue weighted by atomic mass is 9.96. The van der Waals surface area contributed by atoms with Gasteiger partial charge >= 0.3 is 0 Å². The monoisotopic (exact) mass is 275 g/mol. The van der Waals surface area contributed by atoms with E-state index < -0.39 is 5.91 Å². The third-order valence-electron chi connectivity index (χ3n) is 2.90. The number of nitrogens with two attached hydrogens (primary N) is 1. The molecule has 1 amide bonds. The Morgan fingerprint density at radius 2 is 1.89 bits per heavy atom. The van der Waals surface area contributed by atoms with Gasteiger partial charge in [-0.15, -0.1) is 0 Å². The third-order valence-corrected chi connectivity index (χ3v) is 3.14. The number of rotatable bonds is 4. The Morgan fingerprint density at radius 1 is 1.21 bits per heavy atom. The highest BCUT2D eigenvalue weighted by atomic mass is 35.5. The van der Waals surface area contributed by atoms with Crippen LogP contribution in [0.3, 0.4) is 0 Å². The molecule has 0 radical (unpaired) electrons. The van der Waals surface area contributed by atoms with Crippen LogP contribution < -0.4 is 5.73 Å². The predicted molar refractivity (Wildman–Crippen MR) is 75.3 cm³/mol. The predicted octanol–water partition coefficient (Wildman–Crippen LogP) is 3.17. The molecular weight excluding hydrogens is 262 g/mol. The van der Waals surface area contributed by atoms with E-state index in [0.29, 0.717) is 16.1 Å². The summed E-state index contributed by atoms with van der Waals surface area (Å²) in [5.41, 5.74) is 7.45. The maximum absolute atomic E-state index is 11.5. The summed E-state index contributed by atoms with van der Waals surface area (Å²) in [6.45, 7) is 0. The van der Waals surface area contributed by atoms with Crippen LogP contribution in [0.4, 0.5) is 0 Å². The molecule has 0 heterocycles. The molecule has 0 bridgehead atoms. The summed E-state index contributed by atoms with van der Waals surface area (Å²) >= 11 is 5.91. The van der Waals surface area contributed by atoms with Crippen LogP contribution in [0.15, 0.2) is 48.5 Å². The first kappa shape index (κ1) is 13.6. The first-order valence-corrected chi connectivity index (χ1v) is 6.18. The van der Waals surface area contributed by atoms with Gasteiger partial charge in [-0.3, -0.25) is 4.79 Å². The summed E-state index contributed by atoms with van der Waals surface area (Å²) in [7, 11) is 1.59. The van der Waals surface area contributed by atoms with E-state index in [0.717, 1.165) is 5.56 Å². The molecule has 3 nitrogen and oxygen atoms in total. The van der Waals surface area contributed by atoms with Gasteiger partial charge in [-0.1, -0.05) is 48.0 Å². The number of halogens is 1. The highest BCUT2D eigenvalue weighted by Crippen LogP contribution is 2.29. The van der Waals surface area contributed by atoms with E-state index in [-0.39, 0.29) is 6.10 Å². The van der Waals surface area contributed by atoms with E-state index in [2.05, 4.69) is 0 Å². The standard InChI is InChI=1S/C15H14ClNO2/c1-19-14(10-5-3-2-4-6-10)12-8-7-11(16)9-13(12)15(17)18/h2-9,14H,1H3,(H2,17,18). The number of benzene rings is 2. The van der Waals surface area contributed by atoms with Crippen LogP contribution in [0.5, 0.6) is 0 Å². The molecule has 2 aromatic rings. The summed E-state index contributed by atoms with van der Waals surface area (Å²) in [5.74, 6) is -0.518. The Kier molecular flexibility index (Phi) is 4.20. The van der Waals surface area contributed by atoms with Crippen molar-refractivity contribution < 1.29 is 9.53 Å². The number of carbonyl (C=O) groups excluding carboxylic acids is 1. The molecule has 0 aromatic heterocycles. The SMILES string of the molecule is COC(c1ccccc1)c1ccc(Cl)cc1C(N)=O.